The van der Waals surface area contributed by atoms with Crippen molar-refractivity contribution in [3.8, 4) is 0 Å². The summed E-state index contributed by atoms with van der Waals surface area (Å²) >= 11 is 5.86. The van der Waals surface area contributed by atoms with Crippen molar-refractivity contribution in [3.05, 3.63) is 29.3 Å². The van der Waals surface area contributed by atoms with Crippen molar-refractivity contribution in [3.63, 3.8) is 0 Å². The molecule has 0 spiro atoms. The molecule has 0 heterocycles. The maximum Gasteiger partial charge on any atom is 0.242 e. The van der Waals surface area contributed by atoms with Crippen molar-refractivity contribution in [2.75, 3.05) is 6.54 Å². The van der Waals surface area contributed by atoms with E-state index in [-0.39, 0.29) is 22.4 Å². The summed E-state index contributed by atoms with van der Waals surface area (Å²) in [4.78, 5) is 0.0825. The number of hydrogen-bond acceptors (Lipinski definition) is 3. The number of benzene rings is 1. The van der Waals surface area contributed by atoms with Crippen molar-refractivity contribution >= 4 is 21.6 Å². The minimum absolute atomic E-state index is 0.00210. The normalized spacial score (nSPS) is 24.3. The molecule has 100 valence electrons. The standard InChI is InChI=1S/C12H16ClNO3S/c13-10-5-1-2-7-12(10)18(16,17)14-8-9-4-3-6-11(9)15/h1-2,5,7,9,11,14-15H,3-4,6,8H2. The van der Waals surface area contributed by atoms with Gasteiger partial charge in [-0.1, -0.05) is 30.2 Å². The average Bonchev–Trinajstić information content (AvgIpc) is 2.73. The van der Waals surface area contributed by atoms with Gasteiger partial charge < -0.3 is 5.11 Å². The van der Waals surface area contributed by atoms with E-state index in [0.29, 0.717) is 0 Å². The first-order chi connectivity index (χ1) is 8.50. The van der Waals surface area contributed by atoms with Gasteiger partial charge in [-0.05, 0) is 30.9 Å². The first-order valence-electron chi connectivity index (χ1n) is 5.93. The largest absolute Gasteiger partial charge is 0.393 e. The van der Waals surface area contributed by atoms with Gasteiger partial charge in [0.25, 0.3) is 0 Å². The fraction of sp³-hybridized carbons (Fsp3) is 0.500. The molecule has 0 saturated heterocycles. The number of halogens is 1. The van der Waals surface area contributed by atoms with E-state index < -0.39 is 16.1 Å². The smallest absolute Gasteiger partial charge is 0.242 e. The summed E-state index contributed by atoms with van der Waals surface area (Å²) < 4.78 is 26.6. The van der Waals surface area contributed by atoms with Gasteiger partial charge in [0.1, 0.15) is 4.90 Å². The van der Waals surface area contributed by atoms with Crippen LogP contribution in [0.3, 0.4) is 0 Å². The summed E-state index contributed by atoms with van der Waals surface area (Å²) in [7, 11) is -3.59. The molecular formula is C12H16ClNO3S. The molecule has 1 fully saturated rings. The first kappa shape index (κ1) is 13.8. The molecule has 0 amide bonds. The number of aliphatic hydroxyl groups is 1. The summed E-state index contributed by atoms with van der Waals surface area (Å²) in [6, 6.07) is 6.32. The Morgan fingerprint density at radius 1 is 1.33 bits per heavy atom. The molecule has 1 saturated carbocycles. The first-order valence-corrected chi connectivity index (χ1v) is 7.79. The van der Waals surface area contributed by atoms with Gasteiger partial charge in [-0.25, -0.2) is 13.1 Å². The Balaban J connectivity index is 2.06. The predicted molar refractivity (Wildman–Crippen MR) is 70.0 cm³/mol. The Bertz CT molecular complexity index is 518. The van der Waals surface area contributed by atoms with Crippen LogP contribution in [0.2, 0.25) is 5.02 Å². The van der Waals surface area contributed by atoms with Gasteiger partial charge in [0.2, 0.25) is 10.0 Å². The van der Waals surface area contributed by atoms with E-state index in [4.69, 9.17) is 11.6 Å². The summed E-state index contributed by atoms with van der Waals surface area (Å²) in [5.41, 5.74) is 0. The second-order valence-electron chi connectivity index (χ2n) is 4.54. The Morgan fingerprint density at radius 3 is 2.67 bits per heavy atom. The van der Waals surface area contributed by atoms with Gasteiger partial charge in [-0.15, -0.1) is 0 Å². The van der Waals surface area contributed by atoms with Crippen molar-refractivity contribution in [1.29, 1.82) is 0 Å². The van der Waals surface area contributed by atoms with Gasteiger partial charge in [0.05, 0.1) is 11.1 Å². The third-order valence-electron chi connectivity index (χ3n) is 3.28. The zero-order valence-electron chi connectivity index (χ0n) is 9.84. The highest BCUT2D eigenvalue weighted by atomic mass is 35.5. The second-order valence-corrected chi connectivity index (χ2v) is 6.68. The minimum atomic E-state index is -3.59. The zero-order valence-corrected chi connectivity index (χ0v) is 11.4. The third-order valence-corrected chi connectivity index (χ3v) is 5.20. The highest BCUT2D eigenvalue weighted by Gasteiger charge is 2.27. The van der Waals surface area contributed by atoms with Gasteiger partial charge in [-0.3, -0.25) is 0 Å². The lowest BCUT2D eigenvalue weighted by molar-refractivity contribution is 0.134. The molecule has 4 nitrogen and oxygen atoms in total. The molecule has 18 heavy (non-hydrogen) atoms. The average molecular weight is 290 g/mol. The Morgan fingerprint density at radius 2 is 2.06 bits per heavy atom. The van der Waals surface area contributed by atoms with Crippen LogP contribution in [0.25, 0.3) is 0 Å². The number of hydrogen-bond donors (Lipinski definition) is 2. The molecule has 1 aliphatic carbocycles. The monoisotopic (exact) mass is 289 g/mol. The fourth-order valence-corrected chi connectivity index (χ4v) is 3.82. The highest BCUT2D eigenvalue weighted by molar-refractivity contribution is 7.89. The van der Waals surface area contributed by atoms with E-state index in [0.717, 1.165) is 19.3 Å². The van der Waals surface area contributed by atoms with E-state index >= 15 is 0 Å². The minimum Gasteiger partial charge on any atom is -0.393 e. The van der Waals surface area contributed by atoms with Crippen LogP contribution in [-0.4, -0.2) is 26.2 Å². The molecular weight excluding hydrogens is 274 g/mol. The maximum atomic E-state index is 12.0. The molecule has 0 radical (unpaired) electrons. The molecule has 0 bridgehead atoms. The SMILES string of the molecule is O=S(=O)(NCC1CCCC1O)c1ccccc1Cl. The molecule has 0 aromatic heterocycles. The van der Waals surface area contributed by atoms with Gasteiger partial charge in [-0.2, -0.15) is 0 Å². The Kier molecular flexibility index (Phi) is 4.27. The topological polar surface area (TPSA) is 66.4 Å². The number of nitrogens with one attached hydrogen (secondary N) is 1. The van der Waals surface area contributed by atoms with Crippen molar-refractivity contribution in [2.24, 2.45) is 5.92 Å². The molecule has 1 aromatic carbocycles. The third kappa shape index (κ3) is 3.03. The van der Waals surface area contributed by atoms with Crippen LogP contribution >= 0.6 is 11.6 Å². The van der Waals surface area contributed by atoms with Gasteiger partial charge in [0.15, 0.2) is 0 Å². The second kappa shape index (κ2) is 5.57. The van der Waals surface area contributed by atoms with Crippen LogP contribution in [0.1, 0.15) is 19.3 Å². The molecule has 2 N–H and O–H groups in total. The molecule has 2 rings (SSSR count). The van der Waals surface area contributed by atoms with Crippen molar-refractivity contribution < 1.29 is 13.5 Å². The van der Waals surface area contributed by atoms with Crippen molar-refractivity contribution in [2.45, 2.75) is 30.3 Å². The molecule has 2 unspecified atom stereocenters. The summed E-state index contributed by atoms with van der Waals surface area (Å²) in [5.74, 6) is 0.00210. The molecule has 6 heteroatoms. The fourth-order valence-electron chi connectivity index (χ4n) is 2.21. The van der Waals surface area contributed by atoms with Crippen LogP contribution < -0.4 is 4.72 Å². The molecule has 1 aromatic rings. The van der Waals surface area contributed by atoms with Crippen LogP contribution in [0.4, 0.5) is 0 Å². The van der Waals surface area contributed by atoms with E-state index in [9.17, 15) is 13.5 Å². The maximum absolute atomic E-state index is 12.0. The van der Waals surface area contributed by atoms with E-state index in [1.54, 1.807) is 18.2 Å². The lowest BCUT2D eigenvalue weighted by Crippen LogP contribution is -2.32. The number of aliphatic hydroxyl groups excluding tert-OH is 1. The van der Waals surface area contributed by atoms with Gasteiger partial charge in [0, 0.05) is 6.54 Å². The Labute approximate surface area is 112 Å². The van der Waals surface area contributed by atoms with Crippen LogP contribution in [0.15, 0.2) is 29.2 Å². The lowest BCUT2D eigenvalue weighted by Gasteiger charge is -2.15. The Hall–Kier alpha value is -0.620. The predicted octanol–water partition coefficient (Wildman–Crippen LogP) is 1.78. The summed E-state index contributed by atoms with van der Waals surface area (Å²) in [5, 5.41) is 9.86. The van der Waals surface area contributed by atoms with Crippen LogP contribution in [0, 0.1) is 5.92 Å². The van der Waals surface area contributed by atoms with E-state index in [1.807, 2.05) is 0 Å². The van der Waals surface area contributed by atoms with E-state index in [2.05, 4.69) is 4.72 Å². The lowest BCUT2D eigenvalue weighted by atomic mass is 10.1. The van der Waals surface area contributed by atoms with Gasteiger partial charge >= 0.3 is 0 Å². The summed E-state index contributed by atoms with van der Waals surface area (Å²) in [6.07, 6.45) is 2.14. The molecule has 2 atom stereocenters. The van der Waals surface area contributed by atoms with Crippen molar-refractivity contribution in [1.82, 2.24) is 4.72 Å². The quantitative estimate of drug-likeness (QED) is 0.888. The number of sulfonamides is 1. The zero-order chi connectivity index (χ0) is 13.2. The van der Waals surface area contributed by atoms with Crippen LogP contribution in [-0.2, 0) is 10.0 Å². The number of rotatable bonds is 4. The molecule has 1 aliphatic rings. The molecule has 0 aliphatic heterocycles. The highest BCUT2D eigenvalue weighted by Crippen LogP contribution is 2.26. The van der Waals surface area contributed by atoms with Crippen LogP contribution in [0.5, 0.6) is 0 Å². The summed E-state index contributed by atoms with van der Waals surface area (Å²) in [6.45, 7) is 0.259. The van der Waals surface area contributed by atoms with E-state index in [1.165, 1.54) is 6.07 Å².